The molecule has 5 nitrogen and oxygen atoms in total. The Morgan fingerprint density at radius 3 is 2.64 bits per heavy atom. The third-order valence-electron chi connectivity index (χ3n) is 4.63. The standard InChI is InChI=1S/C19H17N5S/c1-2-11-24(10-1)14-7-5-13(6-8-14)23-18-17-16(21-12-22-18)15-4-3-9-20-19(15)25-17/h3-9,12H,1-2,10-11H2,(H,21,22,23). The molecule has 0 bridgehead atoms. The lowest BCUT2D eigenvalue weighted by atomic mass is 10.2. The van der Waals surface area contributed by atoms with Crippen molar-refractivity contribution in [3.63, 3.8) is 0 Å². The van der Waals surface area contributed by atoms with Gasteiger partial charge in [-0.3, -0.25) is 0 Å². The average molecular weight is 347 g/mol. The molecule has 0 radical (unpaired) electrons. The van der Waals surface area contributed by atoms with Gasteiger partial charge in [0.1, 0.15) is 11.2 Å². The van der Waals surface area contributed by atoms with Gasteiger partial charge in [0.2, 0.25) is 0 Å². The zero-order valence-electron chi connectivity index (χ0n) is 13.6. The number of pyridine rings is 1. The molecule has 6 heteroatoms. The second-order valence-corrected chi connectivity index (χ2v) is 7.22. The van der Waals surface area contributed by atoms with Crippen LogP contribution in [-0.2, 0) is 0 Å². The van der Waals surface area contributed by atoms with E-state index in [2.05, 4.69) is 55.5 Å². The molecule has 0 saturated carbocycles. The van der Waals surface area contributed by atoms with Crippen molar-refractivity contribution < 1.29 is 0 Å². The summed E-state index contributed by atoms with van der Waals surface area (Å²) < 4.78 is 1.04. The summed E-state index contributed by atoms with van der Waals surface area (Å²) in [6.45, 7) is 2.32. The Hall–Kier alpha value is -2.73. The maximum absolute atomic E-state index is 4.45. The molecule has 1 saturated heterocycles. The minimum Gasteiger partial charge on any atom is -0.372 e. The van der Waals surface area contributed by atoms with Crippen molar-refractivity contribution in [3.05, 3.63) is 48.9 Å². The fourth-order valence-electron chi connectivity index (χ4n) is 3.37. The molecule has 0 aliphatic carbocycles. The molecule has 124 valence electrons. The number of hydrogen-bond donors (Lipinski definition) is 1. The van der Waals surface area contributed by atoms with Gasteiger partial charge in [0.05, 0.1) is 10.2 Å². The number of hydrogen-bond acceptors (Lipinski definition) is 6. The van der Waals surface area contributed by atoms with Crippen LogP contribution in [0.15, 0.2) is 48.9 Å². The van der Waals surface area contributed by atoms with Crippen molar-refractivity contribution in [3.8, 4) is 0 Å². The lowest BCUT2D eigenvalue weighted by Gasteiger charge is -2.17. The molecule has 5 rings (SSSR count). The summed E-state index contributed by atoms with van der Waals surface area (Å²) in [6, 6.07) is 12.6. The molecule has 0 spiro atoms. The van der Waals surface area contributed by atoms with Crippen LogP contribution in [0.3, 0.4) is 0 Å². The third kappa shape index (κ3) is 2.59. The number of rotatable bonds is 3. The molecule has 1 aliphatic heterocycles. The van der Waals surface area contributed by atoms with Gasteiger partial charge in [-0.2, -0.15) is 0 Å². The summed E-state index contributed by atoms with van der Waals surface area (Å²) >= 11 is 1.62. The molecule has 3 aromatic heterocycles. The number of nitrogens with one attached hydrogen (secondary N) is 1. The Labute approximate surface area is 149 Å². The summed E-state index contributed by atoms with van der Waals surface area (Å²) in [5.41, 5.74) is 3.29. The first kappa shape index (κ1) is 14.6. The minimum absolute atomic E-state index is 0.835. The smallest absolute Gasteiger partial charge is 0.151 e. The number of fused-ring (bicyclic) bond motifs is 3. The molecule has 1 N–H and O–H groups in total. The number of benzene rings is 1. The van der Waals surface area contributed by atoms with E-state index in [0.29, 0.717) is 0 Å². The Morgan fingerprint density at radius 1 is 0.960 bits per heavy atom. The molecule has 25 heavy (non-hydrogen) atoms. The summed E-state index contributed by atoms with van der Waals surface area (Å²) in [7, 11) is 0. The van der Waals surface area contributed by atoms with E-state index in [0.717, 1.165) is 45.0 Å². The zero-order chi connectivity index (χ0) is 16.6. The number of nitrogens with zero attached hydrogens (tertiary/aromatic N) is 4. The van der Waals surface area contributed by atoms with Crippen molar-refractivity contribution in [2.75, 3.05) is 23.3 Å². The Morgan fingerprint density at radius 2 is 1.80 bits per heavy atom. The second kappa shape index (κ2) is 5.97. The van der Waals surface area contributed by atoms with E-state index in [4.69, 9.17) is 0 Å². The number of thiophene rings is 1. The normalized spacial score (nSPS) is 14.5. The van der Waals surface area contributed by atoms with E-state index in [1.165, 1.54) is 18.5 Å². The van der Waals surface area contributed by atoms with Crippen molar-refractivity contribution in [1.29, 1.82) is 0 Å². The fourth-order valence-corrected chi connectivity index (χ4v) is 4.41. The predicted octanol–water partition coefficient (Wildman–Crippen LogP) is 4.58. The van der Waals surface area contributed by atoms with Crippen LogP contribution in [0.2, 0.25) is 0 Å². The Balaban J connectivity index is 1.49. The maximum Gasteiger partial charge on any atom is 0.151 e. The van der Waals surface area contributed by atoms with Gasteiger partial charge in [0.25, 0.3) is 0 Å². The fraction of sp³-hybridized carbons (Fsp3) is 0.211. The molecule has 1 fully saturated rings. The van der Waals surface area contributed by atoms with Crippen LogP contribution >= 0.6 is 11.3 Å². The summed E-state index contributed by atoms with van der Waals surface area (Å²) in [4.78, 5) is 16.8. The van der Waals surface area contributed by atoms with Gasteiger partial charge < -0.3 is 10.2 Å². The van der Waals surface area contributed by atoms with Gasteiger partial charge in [0.15, 0.2) is 5.82 Å². The molecule has 4 aromatic rings. The highest BCUT2D eigenvalue weighted by Gasteiger charge is 2.13. The third-order valence-corrected chi connectivity index (χ3v) is 5.74. The van der Waals surface area contributed by atoms with Crippen LogP contribution in [0.25, 0.3) is 20.4 Å². The first-order valence-electron chi connectivity index (χ1n) is 8.49. The van der Waals surface area contributed by atoms with Crippen molar-refractivity contribution >= 4 is 49.0 Å². The lowest BCUT2D eigenvalue weighted by Crippen LogP contribution is -2.17. The van der Waals surface area contributed by atoms with Gasteiger partial charge in [0, 0.05) is 36.0 Å². The molecule has 1 aromatic carbocycles. The van der Waals surface area contributed by atoms with Crippen molar-refractivity contribution in [1.82, 2.24) is 15.0 Å². The minimum atomic E-state index is 0.835. The van der Waals surface area contributed by atoms with Crippen LogP contribution in [-0.4, -0.2) is 28.0 Å². The van der Waals surface area contributed by atoms with Crippen LogP contribution in [0.1, 0.15) is 12.8 Å². The lowest BCUT2D eigenvalue weighted by molar-refractivity contribution is 0.949. The van der Waals surface area contributed by atoms with E-state index in [9.17, 15) is 0 Å². The SMILES string of the molecule is c1cnc2sc3c(Nc4ccc(N5CCCC5)cc4)ncnc3c2c1. The topological polar surface area (TPSA) is 53.9 Å². The first-order chi connectivity index (χ1) is 12.4. The predicted molar refractivity (Wildman–Crippen MR) is 104 cm³/mol. The highest BCUT2D eigenvalue weighted by molar-refractivity contribution is 7.25. The second-order valence-electron chi connectivity index (χ2n) is 6.22. The zero-order valence-corrected chi connectivity index (χ0v) is 14.5. The van der Waals surface area contributed by atoms with Crippen LogP contribution in [0, 0.1) is 0 Å². The summed E-state index contributed by atoms with van der Waals surface area (Å²) in [5, 5.41) is 4.52. The van der Waals surface area contributed by atoms with Gasteiger partial charge in [-0.1, -0.05) is 0 Å². The average Bonchev–Trinajstić information content (AvgIpc) is 3.31. The number of anilines is 3. The van der Waals surface area contributed by atoms with Gasteiger partial charge in [-0.05, 0) is 49.2 Å². The number of aromatic nitrogens is 3. The van der Waals surface area contributed by atoms with Crippen LogP contribution < -0.4 is 10.2 Å². The molecular formula is C19H17N5S. The van der Waals surface area contributed by atoms with Gasteiger partial charge in [-0.25, -0.2) is 15.0 Å². The molecule has 1 aliphatic rings. The van der Waals surface area contributed by atoms with Crippen molar-refractivity contribution in [2.45, 2.75) is 12.8 Å². The Bertz CT molecular complexity index is 1030. The van der Waals surface area contributed by atoms with Gasteiger partial charge >= 0.3 is 0 Å². The highest BCUT2D eigenvalue weighted by atomic mass is 32.1. The van der Waals surface area contributed by atoms with Gasteiger partial charge in [-0.15, -0.1) is 11.3 Å². The molecule has 0 atom stereocenters. The summed E-state index contributed by atoms with van der Waals surface area (Å²) in [6.07, 6.45) is 6.01. The van der Waals surface area contributed by atoms with E-state index in [1.807, 2.05) is 12.3 Å². The van der Waals surface area contributed by atoms with Crippen molar-refractivity contribution in [2.24, 2.45) is 0 Å². The Kier molecular flexibility index (Phi) is 3.48. The molecular weight excluding hydrogens is 330 g/mol. The molecule has 0 amide bonds. The van der Waals surface area contributed by atoms with E-state index in [1.54, 1.807) is 17.7 Å². The van der Waals surface area contributed by atoms with Crippen LogP contribution in [0.4, 0.5) is 17.2 Å². The highest BCUT2D eigenvalue weighted by Crippen LogP contribution is 2.35. The summed E-state index contributed by atoms with van der Waals surface area (Å²) in [5.74, 6) is 0.835. The quantitative estimate of drug-likeness (QED) is 0.588. The van der Waals surface area contributed by atoms with E-state index >= 15 is 0 Å². The van der Waals surface area contributed by atoms with E-state index < -0.39 is 0 Å². The first-order valence-corrected chi connectivity index (χ1v) is 9.30. The molecule has 4 heterocycles. The largest absolute Gasteiger partial charge is 0.372 e. The van der Waals surface area contributed by atoms with Crippen LogP contribution in [0.5, 0.6) is 0 Å². The monoisotopic (exact) mass is 347 g/mol. The maximum atomic E-state index is 4.45. The van der Waals surface area contributed by atoms with E-state index in [-0.39, 0.29) is 0 Å². The molecule has 0 unspecified atom stereocenters.